The lowest BCUT2D eigenvalue weighted by Gasteiger charge is -2.09. The van der Waals surface area contributed by atoms with E-state index in [0.717, 1.165) is 21.7 Å². The van der Waals surface area contributed by atoms with E-state index in [9.17, 15) is 0 Å². The summed E-state index contributed by atoms with van der Waals surface area (Å²) in [5.41, 5.74) is 0.868. The van der Waals surface area contributed by atoms with E-state index >= 15 is 0 Å². The Labute approximate surface area is 96.0 Å². The van der Waals surface area contributed by atoms with Crippen molar-refractivity contribution >= 4 is 15.9 Å². The molecule has 0 N–H and O–H groups in total. The molecular formula is C10H10BrN3O. The number of methoxy groups -OCH3 is 1. The van der Waals surface area contributed by atoms with Crippen LogP contribution in [0.3, 0.4) is 0 Å². The minimum absolute atomic E-state index is 0.733. The molecule has 0 aliphatic heterocycles. The molecule has 0 saturated heterocycles. The van der Waals surface area contributed by atoms with Crippen molar-refractivity contribution in [2.24, 2.45) is 0 Å². The average Bonchev–Trinajstić information content (AvgIpc) is 2.64. The molecule has 0 aliphatic carbocycles. The van der Waals surface area contributed by atoms with Crippen LogP contribution in [-0.4, -0.2) is 21.9 Å². The molecule has 0 amide bonds. The maximum atomic E-state index is 5.30. The molecule has 15 heavy (non-hydrogen) atoms. The Morgan fingerprint density at radius 1 is 1.40 bits per heavy atom. The molecule has 78 valence electrons. The average molecular weight is 268 g/mol. The lowest BCUT2D eigenvalue weighted by atomic mass is 10.3. The summed E-state index contributed by atoms with van der Waals surface area (Å²) < 4.78 is 7.90. The van der Waals surface area contributed by atoms with Crippen LogP contribution in [0, 0.1) is 6.92 Å². The molecule has 0 spiro atoms. The molecule has 1 aromatic heterocycles. The molecule has 0 radical (unpaired) electrons. The molecule has 2 aromatic rings. The van der Waals surface area contributed by atoms with Crippen LogP contribution in [0.2, 0.25) is 0 Å². The number of para-hydroxylation sites is 1. The number of hydrogen-bond donors (Lipinski definition) is 0. The van der Waals surface area contributed by atoms with Gasteiger partial charge in [0.05, 0.1) is 11.6 Å². The highest BCUT2D eigenvalue weighted by atomic mass is 79.9. The van der Waals surface area contributed by atoms with Gasteiger partial charge in [-0.25, -0.2) is 9.67 Å². The van der Waals surface area contributed by atoms with E-state index in [0.29, 0.717) is 0 Å². The normalized spacial score (nSPS) is 10.3. The minimum atomic E-state index is 0.733. The van der Waals surface area contributed by atoms with Gasteiger partial charge >= 0.3 is 0 Å². The van der Waals surface area contributed by atoms with Crippen LogP contribution in [0.15, 0.2) is 29.0 Å². The molecule has 0 unspecified atom stereocenters. The van der Waals surface area contributed by atoms with Crippen LogP contribution in [0.25, 0.3) is 5.69 Å². The topological polar surface area (TPSA) is 39.9 Å². The van der Waals surface area contributed by atoms with E-state index in [1.807, 2.05) is 25.1 Å². The van der Waals surface area contributed by atoms with E-state index in [4.69, 9.17) is 4.74 Å². The zero-order chi connectivity index (χ0) is 10.8. The first kappa shape index (κ1) is 10.2. The molecule has 5 heteroatoms. The third-order valence-electron chi connectivity index (χ3n) is 2.00. The number of hydrogen-bond acceptors (Lipinski definition) is 3. The van der Waals surface area contributed by atoms with Gasteiger partial charge in [-0.2, -0.15) is 5.10 Å². The van der Waals surface area contributed by atoms with Gasteiger partial charge in [-0.15, -0.1) is 0 Å². The molecular weight excluding hydrogens is 258 g/mol. The summed E-state index contributed by atoms with van der Waals surface area (Å²) in [5, 5.41) is 4.24. The maximum Gasteiger partial charge on any atom is 0.158 e. The summed E-state index contributed by atoms with van der Waals surface area (Å²) in [6.45, 7) is 1.85. The number of aromatic nitrogens is 3. The van der Waals surface area contributed by atoms with Gasteiger partial charge in [0.15, 0.2) is 5.75 Å². The monoisotopic (exact) mass is 267 g/mol. The molecule has 0 saturated carbocycles. The molecule has 0 fully saturated rings. The van der Waals surface area contributed by atoms with Gasteiger partial charge in [0.25, 0.3) is 0 Å². The second-order valence-corrected chi connectivity index (χ2v) is 3.88. The predicted molar refractivity (Wildman–Crippen MR) is 60.3 cm³/mol. The van der Waals surface area contributed by atoms with Gasteiger partial charge in [0.2, 0.25) is 0 Å². The number of halogens is 1. The number of rotatable bonds is 2. The van der Waals surface area contributed by atoms with Gasteiger partial charge in [-0.1, -0.05) is 6.07 Å². The first-order valence-corrected chi connectivity index (χ1v) is 5.23. The summed E-state index contributed by atoms with van der Waals surface area (Å²) in [7, 11) is 1.63. The van der Waals surface area contributed by atoms with Crippen molar-refractivity contribution in [3.63, 3.8) is 0 Å². The van der Waals surface area contributed by atoms with Crippen molar-refractivity contribution in [1.29, 1.82) is 0 Å². The Morgan fingerprint density at radius 2 is 2.20 bits per heavy atom. The Balaban J connectivity index is 2.57. The molecule has 1 aromatic carbocycles. The minimum Gasteiger partial charge on any atom is -0.493 e. The van der Waals surface area contributed by atoms with Crippen molar-refractivity contribution in [1.82, 2.24) is 14.8 Å². The van der Waals surface area contributed by atoms with Crippen molar-refractivity contribution in [3.05, 3.63) is 34.8 Å². The number of benzene rings is 1. The second-order valence-electron chi connectivity index (χ2n) is 3.03. The fraction of sp³-hybridized carbons (Fsp3) is 0.200. The highest BCUT2D eigenvalue weighted by molar-refractivity contribution is 9.10. The van der Waals surface area contributed by atoms with Crippen molar-refractivity contribution in [3.8, 4) is 11.4 Å². The summed E-state index contributed by atoms with van der Waals surface area (Å²) in [5.74, 6) is 1.49. The van der Waals surface area contributed by atoms with Crippen molar-refractivity contribution in [2.75, 3.05) is 7.11 Å². The summed E-state index contributed by atoms with van der Waals surface area (Å²) in [6.07, 6.45) is 1.67. The maximum absolute atomic E-state index is 5.30. The van der Waals surface area contributed by atoms with Crippen LogP contribution in [0.5, 0.6) is 5.75 Å². The fourth-order valence-electron chi connectivity index (χ4n) is 1.34. The number of aryl methyl sites for hydroxylation is 1. The summed E-state index contributed by atoms with van der Waals surface area (Å²) in [4.78, 5) is 4.08. The largest absolute Gasteiger partial charge is 0.493 e. The van der Waals surface area contributed by atoms with Gasteiger partial charge in [-0.3, -0.25) is 0 Å². The summed E-state index contributed by atoms with van der Waals surface area (Å²) >= 11 is 3.42. The van der Waals surface area contributed by atoms with E-state index < -0.39 is 0 Å². The third kappa shape index (κ3) is 1.87. The van der Waals surface area contributed by atoms with E-state index in [-0.39, 0.29) is 0 Å². The first-order valence-electron chi connectivity index (χ1n) is 4.43. The van der Waals surface area contributed by atoms with Gasteiger partial charge in [-0.05, 0) is 35.0 Å². The zero-order valence-corrected chi connectivity index (χ0v) is 10.0. The smallest absolute Gasteiger partial charge is 0.158 e. The zero-order valence-electron chi connectivity index (χ0n) is 8.44. The Kier molecular flexibility index (Phi) is 2.73. The fourth-order valence-corrected chi connectivity index (χ4v) is 1.86. The van der Waals surface area contributed by atoms with Crippen LogP contribution in [-0.2, 0) is 0 Å². The quantitative estimate of drug-likeness (QED) is 0.839. The Hall–Kier alpha value is -1.36. The standard InChI is InChI=1S/C10H10BrN3O/c1-7-12-6-14(13-7)9-5-3-4-8(11)10(9)15-2/h3-6H,1-2H3. The number of nitrogens with zero attached hydrogens (tertiary/aromatic N) is 3. The summed E-state index contributed by atoms with van der Waals surface area (Å²) in [6, 6.07) is 5.78. The van der Waals surface area contributed by atoms with Crippen molar-refractivity contribution < 1.29 is 4.74 Å². The second kappa shape index (κ2) is 4.02. The lowest BCUT2D eigenvalue weighted by molar-refractivity contribution is 0.409. The van der Waals surface area contributed by atoms with E-state index in [1.54, 1.807) is 18.1 Å². The molecule has 2 rings (SSSR count). The lowest BCUT2D eigenvalue weighted by Crippen LogP contribution is -1.99. The van der Waals surface area contributed by atoms with Gasteiger partial charge < -0.3 is 4.74 Å². The Morgan fingerprint density at radius 3 is 2.80 bits per heavy atom. The molecule has 0 aliphatic rings. The van der Waals surface area contributed by atoms with E-state index in [2.05, 4.69) is 26.0 Å². The van der Waals surface area contributed by atoms with Crippen LogP contribution in [0.1, 0.15) is 5.82 Å². The van der Waals surface area contributed by atoms with Gasteiger partial charge in [0.1, 0.15) is 17.8 Å². The van der Waals surface area contributed by atoms with Gasteiger partial charge in [0, 0.05) is 0 Å². The molecule has 0 bridgehead atoms. The van der Waals surface area contributed by atoms with Crippen LogP contribution in [0.4, 0.5) is 0 Å². The van der Waals surface area contributed by atoms with Crippen LogP contribution < -0.4 is 4.74 Å². The Bertz CT molecular complexity index is 481. The van der Waals surface area contributed by atoms with E-state index in [1.165, 1.54) is 0 Å². The highest BCUT2D eigenvalue weighted by Crippen LogP contribution is 2.30. The molecule has 1 heterocycles. The molecule has 4 nitrogen and oxygen atoms in total. The van der Waals surface area contributed by atoms with Crippen molar-refractivity contribution in [2.45, 2.75) is 6.92 Å². The number of ether oxygens (including phenoxy) is 1. The first-order chi connectivity index (χ1) is 7.22. The molecule has 0 atom stereocenters. The SMILES string of the molecule is COc1c(Br)cccc1-n1cnc(C)n1. The highest BCUT2D eigenvalue weighted by Gasteiger charge is 2.09. The predicted octanol–water partition coefficient (Wildman–Crippen LogP) is 2.35. The van der Waals surface area contributed by atoms with Crippen LogP contribution >= 0.6 is 15.9 Å². The third-order valence-corrected chi connectivity index (χ3v) is 2.63.